The summed E-state index contributed by atoms with van der Waals surface area (Å²) in [4.78, 5) is 0. The lowest BCUT2D eigenvalue weighted by Gasteiger charge is -2.43. The lowest BCUT2D eigenvalue weighted by atomic mass is 9.84. The SMILES string of the molecule is C/C=C/CCNC1CCOC2(CCOCC2)C1. The largest absolute Gasteiger partial charge is 0.381 e. The minimum Gasteiger partial charge on any atom is -0.381 e. The van der Waals surface area contributed by atoms with Crippen molar-refractivity contribution in [2.24, 2.45) is 0 Å². The molecule has 0 saturated carbocycles. The average Bonchev–Trinajstić information content (AvgIpc) is 2.36. The first kappa shape index (κ1) is 13.1. The first-order chi connectivity index (χ1) is 8.35. The van der Waals surface area contributed by atoms with Crippen molar-refractivity contribution >= 4 is 0 Å². The molecule has 1 spiro atoms. The monoisotopic (exact) mass is 239 g/mol. The second kappa shape index (κ2) is 6.53. The number of rotatable bonds is 4. The molecule has 1 unspecified atom stereocenters. The van der Waals surface area contributed by atoms with Gasteiger partial charge in [0.15, 0.2) is 0 Å². The van der Waals surface area contributed by atoms with Gasteiger partial charge in [-0.3, -0.25) is 0 Å². The van der Waals surface area contributed by atoms with Gasteiger partial charge >= 0.3 is 0 Å². The van der Waals surface area contributed by atoms with E-state index in [1.807, 2.05) is 0 Å². The van der Waals surface area contributed by atoms with Crippen LogP contribution in [0.4, 0.5) is 0 Å². The minimum absolute atomic E-state index is 0.120. The van der Waals surface area contributed by atoms with Gasteiger partial charge in [0.05, 0.1) is 5.60 Å². The fraction of sp³-hybridized carbons (Fsp3) is 0.857. The van der Waals surface area contributed by atoms with Crippen molar-refractivity contribution in [2.45, 2.75) is 50.7 Å². The van der Waals surface area contributed by atoms with E-state index in [4.69, 9.17) is 9.47 Å². The van der Waals surface area contributed by atoms with E-state index in [1.165, 1.54) is 0 Å². The molecule has 0 aromatic carbocycles. The minimum atomic E-state index is 0.120. The molecule has 98 valence electrons. The molecule has 3 heteroatoms. The van der Waals surface area contributed by atoms with Crippen molar-refractivity contribution in [2.75, 3.05) is 26.4 Å². The Hall–Kier alpha value is -0.380. The zero-order chi connectivity index (χ0) is 12.0. The Labute approximate surface area is 105 Å². The highest BCUT2D eigenvalue weighted by Crippen LogP contribution is 2.34. The maximum atomic E-state index is 6.03. The normalized spacial score (nSPS) is 28.9. The van der Waals surface area contributed by atoms with Gasteiger partial charge in [0.2, 0.25) is 0 Å². The van der Waals surface area contributed by atoms with Gasteiger partial charge in [-0.15, -0.1) is 0 Å². The van der Waals surface area contributed by atoms with Crippen LogP contribution in [0, 0.1) is 0 Å². The highest BCUT2D eigenvalue weighted by Gasteiger charge is 2.38. The third-order valence-corrected chi connectivity index (χ3v) is 3.88. The van der Waals surface area contributed by atoms with Crippen LogP contribution in [-0.2, 0) is 9.47 Å². The van der Waals surface area contributed by atoms with E-state index in [2.05, 4.69) is 24.4 Å². The maximum Gasteiger partial charge on any atom is 0.0741 e. The molecule has 1 N–H and O–H groups in total. The van der Waals surface area contributed by atoms with Crippen LogP contribution in [-0.4, -0.2) is 38.0 Å². The molecule has 0 aromatic rings. The summed E-state index contributed by atoms with van der Waals surface area (Å²) in [5.74, 6) is 0. The Morgan fingerprint density at radius 3 is 2.88 bits per heavy atom. The molecule has 0 radical (unpaired) electrons. The number of hydrogen-bond donors (Lipinski definition) is 1. The van der Waals surface area contributed by atoms with Crippen LogP contribution in [0.25, 0.3) is 0 Å². The second-order valence-electron chi connectivity index (χ2n) is 5.15. The molecule has 3 nitrogen and oxygen atoms in total. The fourth-order valence-electron chi connectivity index (χ4n) is 2.83. The fourth-order valence-corrected chi connectivity index (χ4v) is 2.83. The topological polar surface area (TPSA) is 30.5 Å². The van der Waals surface area contributed by atoms with Gasteiger partial charge in [0.1, 0.15) is 0 Å². The second-order valence-corrected chi connectivity index (χ2v) is 5.15. The molecule has 2 heterocycles. The summed E-state index contributed by atoms with van der Waals surface area (Å²) < 4.78 is 11.5. The Bertz CT molecular complexity index is 241. The highest BCUT2D eigenvalue weighted by molar-refractivity contribution is 4.92. The van der Waals surface area contributed by atoms with E-state index >= 15 is 0 Å². The number of allylic oxidation sites excluding steroid dienone is 1. The van der Waals surface area contributed by atoms with Gasteiger partial charge in [-0.05, 0) is 45.6 Å². The smallest absolute Gasteiger partial charge is 0.0741 e. The summed E-state index contributed by atoms with van der Waals surface area (Å²) >= 11 is 0. The van der Waals surface area contributed by atoms with Gasteiger partial charge in [-0.2, -0.15) is 0 Å². The summed E-state index contributed by atoms with van der Waals surface area (Å²) in [6.45, 7) is 5.80. The molecular formula is C14H25NO2. The van der Waals surface area contributed by atoms with E-state index in [0.29, 0.717) is 6.04 Å². The van der Waals surface area contributed by atoms with Crippen LogP contribution in [0.1, 0.15) is 39.0 Å². The average molecular weight is 239 g/mol. The summed E-state index contributed by atoms with van der Waals surface area (Å²) in [7, 11) is 0. The number of hydrogen-bond acceptors (Lipinski definition) is 3. The Balaban J connectivity index is 1.76. The first-order valence-corrected chi connectivity index (χ1v) is 6.91. The lowest BCUT2D eigenvalue weighted by molar-refractivity contribution is -0.140. The van der Waals surface area contributed by atoms with E-state index in [0.717, 1.165) is 58.5 Å². The zero-order valence-electron chi connectivity index (χ0n) is 10.9. The van der Waals surface area contributed by atoms with Gasteiger partial charge in [0, 0.05) is 25.9 Å². The molecule has 0 bridgehead atoms. The number of ether oxygens (including phenoxy) is 2. The van der Waals surface area contributed by atoms with Crippen molar-refractivity contribution in [3.05, 3.63) is 12.2 Å². The van der Waals surface area contributed by atoms with Crippen molar-refractivity contribution in [3.63, 3.8) is 0 Å². The van der Waals surface area contributed by atoms with Gasteiger partial charge in [0.25, 0.3) is 0 Å². The van der Waals surface area contributed by atoms with Crippen LogP contribution >= 0.6 is 0 Å². The third-order valence-electron chi connectivity index (χ3n) is 3.88. The molecule has 2 aliphatic heterocycles. The highest BCUT2D eigenvalue weighted by atomic mass is 16.5. The van der Waals surface area contributed by atoms with Gasteiger partial charge in [-0.25, -0.2) is 0 Å². The van der Waals surface area contributed by atoms with Gasteiger partial charge < -0.3 is 14.8 Å². The molecule has 17 heavy (non-hydrogen) atoms. The first-order valence-electron chi connectivity index (χ1n) is 6.91. The Morgan fingerprint density at radius 2 is 2.12 bits per heavy atom. The molecule has 2 saturated heterocycles. The summed E-state index contributed by atoms with van der Waals surface area (Å²) in [6, 6.07) is 0.632. The molecule has 0 aromatic heterocycles. The quantitative estimate of drug-likeness (QED) is 0.603. The van der Waals surface area contributed by atoms with Crippen molar-refractivity contribution < 1.29 is 9.47 Å². The maximum absolute atomic E-state index is 6.03. The third kappa shape index (κ3) is 3.80. The van der Waals surface area contributed by atoms with Crippen molar-refractivity contribution in [1.82, 2.24) is 5.32 Å². The number of nitrogens with one attached hydrogen (secondary N) is 1. The summed E-state index contributed by atoms with van der Waals surface area (Å²) in [5.41, 5.74) is 0.120. The zero-order valence-corrected chi connectivity index (χ0v) is 10.9. The van der Waals surface area contributed by atoms with E-state index in [-0.39, 0.29) is 5.60 Å². The molecule has 0 aliphatic carbocycles. The van der Waals surface area contributed by atoms with E-state index < -0.39 is 0 Å². The van der Waals surface area contributed by atoms with E-state index in [1.54, 1.807) is 0 Å². The van der Waals surface area contributed by atoms with Crippen LogP contribution in [0.3, 0.4) is 0 Å². The Morgan fingerprint density at radius 1 is 1.29 bits per heavy atom. The van der Waals surface area contributed by atoms with Crippen LogP contribution in [0.15, 0.2) is 12.2 Å². The van der Waals surface area contributed by atoms with E-state index in [9.17, 15) is 0 Å². The molecular weight excluding hydrogens is 214 g/mol. The molecule has 0 amide bonds. The Kier molecular flexibility index (Phi) is 5.01. The van der Waals surface area contributed by atoms with Crippen LogP contribution in [0.2, 0.25) is 0 Å². The van der Waals surface area contributed by atoms with Crippen LogP contribution in [0.5, 0.6) is 0 Å². The summed E-state index contributed by atoms with van der Waals surface area (Å²) in [5, 5.41) is 3.66. The summed E-state index contributed by atoms with van der Waals surface area (Å²) in [6.07, 6.45) is 9.91. The molecule has 2 fully saturated rings. The van der Waals surface area contributed by atoms with Crippen molar-refractivity contribution in [3.8, 4) is 0 Å². The standard InChI is InChI=1S/C14H25NO2/c1-2-3-4-8-15-13-5-9-17-14(12-13)6-10-16-11-7-14/h2-3,13,15H,4-12H2,1H3/b3-2+. The predicted octanol–water partition coefficient (Wildman–Crippen LogP) is 2.27. The molecule has 2 rings (SSSR count). The molecule has 1 atom stereocenters. The molecule has 2 aliphatic rings. The predicted molar refractivity (Wildman–Crippen MR) is 69.2 cm³/mol. The van der Waals surface area contributed by atoms with Gasteiger partial charge in [-0.1, -0.05) is 12.2 Å². The van der Waals surface area contributed by atoms with Crippen molar-refractivity contribution in [1.29, 1.82) is 0 Å². The lowest BCUT2D eigenvalue weighted by Crippen LogP contribution is -2.49. The van der Waals surface area contributed by atoms with Crippen LogP contribution < -0.4 is 5.32 Å².